The van der Waals surface area contributed by atoms with Gasteiger partial charge in [-0.1, -0.05) is 57.2 Å². The molecule has 0 saturated heterocycles. The molecule has 0 saturated carbocycles. The fourth-order valence-electron chi connectivity index (χ4n) is 2.05. The van der Waals surface area contributed by atoms with E-state index in [0.717, 1.165) is 17.5 Å². The van der Waals surface area contributed by atoms with Crippen molar-refractivity contribution in [1.29, 1.82) is 0 Å². The van der Waals surface area contributed by atoms with Crippen molar-refractivity contribution in [3.05, 3.63) is 47.6 Å². The molecule has 0 bridgehead atoms. The van der Waals surface area contributed by atoms with Crippen molar-refractivity contribution in [3.63, 3.8) is 0 Å². The van der Waals surface area contributed by atoms with Crippen LogP contribution in [0.4, 0.5) is 0 Å². The molecule has 0 spiro atoms. The number of hydrogen-bond donors (Lipinski definition) is 1. The van der Waals surface area contributed by atoms with Crippen molar-refractivity contribution in [1.82, 2.24) is 0 Å². The highest BCUT2D eigenvalue weighted by molar-refractivity contribution is 5.75. The summed E-state index contributed by atoms with van der Waals surface area (Å²) in [6.07, 6.45) is 7.14. The molecular weight excluding hydrogens is 196 g/mol. The summed E-state index contributed by atoms with van der Waals surface area (Å²) < 4.78 is 0. The molecule has 84 valence electrons. The Morgan fingerprint density at radius 1 is 1.19 bits per heavy atom. The fourth-order valence-corrected chi connectivity index (χ4v) is 2.05. The largest absolute Gasteiger partial charge is 0.507 e. The lowest BCUT2D eigenvalue weighted by Crippen LogP contribution is -2.11. The van der Waals surface area contributed by atoms with Crippen LogP contribution in [0.25, 0.3) is 5.57 Å². The summed E-state index contributed by atoms with van der Waals surface area (Å²) in [5.41, 5.74) is 3.16. The first-order valence-corrected chi connectivity index (χ1v) is 5.68. The number of aromatic hydroxyl groups is 1. The minimum Gasteiger partial charge on any atom is -0.507 e. The Balaban J connectivity index is 2.49. The molecule has 1 aliphatic carbocycles. The van der Waals surface area contributed by atoms with Gasteiger partial charge in [0, 0.05) is 5.56 Å². The molecule has 0 aromatic heterocycles. The number of phenols is 1. The molecule has 16 heavy (non-hydrogen) atoms. The average Bonchev–Trinajstić information content (AvgIpc) is 2.69. The van der Waals surface area contributed by atoms with Crippen LogP contribution >= 0.6 is 0 Å². The molecule has 1 heteroatoms. The van der Waals surface area contributed by atoms with Crippen molar-refractivity contribution in [3.8, 4) is 5.75 Å². The summed E-state index contributed by atoms with van der Waals surface area (Å²) in [5, 5.41) is 10.3. The van der Waals surface area contributed by atoms with Crippen LogP contribution in [-0.4, -0.2) is 5.11 Å². The maximum absolute atomic E-state index is 10.3. The molecule has 0 heterocycles. The van der Waals surface area contributed by atoms with E-state index in [0.29, 0.717) is 5.75 Å². The minimum atomic E-state index is -0.0211. The second-order valence-corrected chi connectivity index (χ2v) is 5.28. The van der Waals surface area contributed by atoms with Crippen LogP contribution in [0.2, 0.25) is 0 Å². The number of allylic oxidation sites excluding steroid dienone is 4. The lowest BCUT2D eigenvalue weighted by Gasteiger charge is -2.22. The van der Waals surface area contributed by atoms with Gasteiger partial charge in [-0.05, 0) is 23.0 Å². The van der Waals surface area contributed by atoms with E-state index in [-0.39, 0.29) is 5.41 Å². The summed E-state index contributed by atoms with van der Waals surface area (Å²) in [4.78, 5) is 0. The number of hydrogen-bond acceptors (Lipinski definition) is 1. The Hall–Kier alpha value is -1.50. The van der Waals surface area contributed by atoms with Gasteiger partial charge in [-0.2, -0.15) is 0 Å². The topological polar surface area (TPSA) is 20.2 Å². The van der Waals surface area contributed by atoms with E-state index in [4.69, 9.17) is 0 Å². The van der Waals surface area contributed by atoms with Crippen molar-refractivity contribution in [2.45, 2.75) is 32.6 Å². The number of para-hydroxylation sites is 1. The van der Waals surface area contributed by atoms with Crippen LogP contribution in [0, 0.1) is 0 Å². The summed E-state index contributed by atoms with van der Waals surface area (Å²) >= 11 is 0. The van der Waals surface area contributed by atoms with Crippen molar-refractivity contribution in [2.75, 3.05) is 0 Å². The molecule has 0 unspecified atom stereocenters. The van der Waals surface area contributed by atoms with Crippen LogP contribution in [-0.2, 0) is 5.41 Å². The molecule has 0 aliphatic heterocycles. The van der Waals surface area contributed by atoms with Crippen molar-refractivity contribution in [2.24, 2.45) is 0 Å². The van der Waals surface area contributed by atoms with Gasteiger partial charge in [-0.3, -0.25) is 0 Å². The van der Waals surface area contributed by atoms with Gasteiger partial charge in [0.05, 0.1) is 0 Å². The quantitative estimate of drug-likeness (QED) is 0.748. The first-order chi connectivity index (χ1) is 7.50. The summed E-state index contributed by atoms with van der Waals surface area (Å²) in [6, 6.07) is 6.01. The van der Waals surface area contributed by atoms with Crippen molar-refractivity contribution < 1.29 is 5.11 Å². The van der Waals surface area contributed by atoms with E-state index >= 15 is 0 Å². The molecule has 1 N–H and O–H groups in total. The van der Waals surface area contributed by atoms with E-state index in [1.165, 1.54) is 5.57 Å². The standard InChI is InChI=1S/C15H18O/c1-15(2,3)13-10-6-9-12(14(13)16)11-7-4-5-8-11/h4-7,9-10,16H,8H2,1-3H3. The SMILES string of the molecule is CC(C)(C)c1cccc(C2=CC=CC2)c1O. The van der Waals surface area contributed by atoms with Crippen LogP contribution < -0.4 is 0 Å². The normalized spacial score (nSPS) is 15.3. The summed E-state index contributed by atoms with van der Waals surface area (Å²) in [5.74, 6) is 0.435. The molecule has 2 rings (SSSR count). The molecule has 1 aromatic rings. The number of rotatable bonds is 1. The molecule has 1 aliphatic rings. The van der Waals surface area contributed by atoms with Crippen LogP contribution in [0.3, 0.4) is 0 Å². The van der Waals surface area contributed by atoms with Gasteiger partial charge in [0.2, 0.25) is 0 Å². The lowest BCUT2D eigenvalue weighted by molar-refractivity contribution is 0.445. The van der Waals surface area contributed by atoms with E-state index < -0.39 is 0 Å². The highest BCUT2D eigenvalue weighted by Crippen LogP contribution is 2.37. The number of phenolic OH excluding ortho intramolecular Hbond substituents is 1. The van der Waals surface area contributed by atoms with Crippen LogP contribution in [0.5, 0.6) is 5.75 Å². The monoisotopic (exact) mass is 214 g/mol. The zero-order chi connectivity index (χ0) is 11.8. The highest BCUT2D eigenvalue weighted by atomic mass is 16.3. The fraction of sp³-hybridized carbons (Fsp3) is 0.333. The lowest BCUT2D eigenvalue weighted by atomic mass is 9.84. The summed E-state index contributed by atoms with van der Waals surface area (Å²) in [7, 11) is 0. The molecule has 0 atom stereocenters. The third-order valence-electron chi connectivity index (χ3n) is 2.96. The second-order valence-electron chi connectivity index (χ2n) is 5.28. The molecule has 0 radical (unpaired) electrons. The second kappa shape index (κ2) is 3.82. The zero-order valence-electron chi connectivity index (χ0n) is 10.1. The van der Waals surface area contributed by atoms with Gasteiger partial charge in [0.15, 0.2) is 0 Å². The minimum absolute atomic E-state index is 0.0211. The Bertz CT molecular complexity index is 459. The van der Waals surface area contributed by atoms with Crippen LogP contribution in [0.1, 0.15) is 38.3 Å². The maximum Gasteiger partial charge on any atom is 0.126 e. The molecule has 1 nitrogen and oxygen atoms in total. The first-order valence-electron chi connectivity index (χ1n) is 5.68. The predicted molar refractivity (Wildman–Crippen MR) is 68.5 cm³/mol. The molecule has 1 aromatic carbocycles. The molecule has 0 fully saturated rings. The highest BCUT2D eigenvalue weighted by Gasteiger charge is 2.20. The van der Waals surface area contributed by atoms with Crippen molar-refractivity contribution >= 4 is 5.57 Å². The average molecular weight is 214 g/mol. The van der Waals surface area contributed by atoms with Gasteiger partial charge in [0.1, 0.15) is 5.75 Å². The third kappa shape index (κ3) is 1.90. The van der Waals surface area contributed by atoms with Crippen LogP contribution in [0.15, 0.2) is 36.4 Å². The van der Waals surface area contributed by atoms with E-state index in [9.17, 15) is 5.11 Å². The Morgan fingerprint density at radius 3 is 2.50 bits per heavy atom. The van der Waals surface area contributed by atoms with Gasteiger partial charge in [-0.25, -0.2) is 0 Å². The van der Waals surface area contributed by atoms with E-state index in [1.54, 1.807) is 0 Å². The predicted octanol–water partition coefficient (Wildman–Crippen LogP) is 4.03. The number of benzene rings is 1. The zero-order valence-corrected chi connectivity index (χ0v) is 10.1. The molecule has 0 amide bonds. The van der Waals surface area contributed by atoms with E-state index in [2.05, 4.69) is 32.9 Å². The Morgan fingerprint density at radius 2 is 1.94 bits per heavy atom. The first kappa shape index (κ1) is 11.0. The maximum atomic E-state index is 10.3. The van der Waals surface area contributed by atoms with Gasteiger partial charge in [0.25, 0.3) is 0 Å². The van der Waals surface area contributed by atoms with Gasteiger partial charge in [-0.15, -0.1) is 0 Å². The smallest absolute Gasteiger partial charge is 0.126 e. The molecular formula is C15H18O. The van der Waals surface area contributed by atoms with E-state index in [1.807, 2.05) is 24.3 Å². The Labute approximate surface area is 97.1 Å². The Kier molecular flexibility index (Phi) is 2.63. The van der Waals surface area contributed by atoms with Gasteiger partial charge < -0.3 is 5.11 Å². The third-order valence-corrected chi connectivity index (χ3v) is 2.96. The summed E-state index contributed by atoms with van der Waals surface area (Å²) in [6.45, 7) is 6.35. The van der Waals surface area contributed by atoms with Gasteiger partial charge >= 0.3 is 0 Å².